The molecule has 0 aliphatic rings. The van der Waals surface area contributed by atoms with Crippen LogP contribution in [0, 0.1) is 11.6 Å². The number of aliphatic hydroxyl groups excluding tert-OH is 1. The van der Waals surface area contributed by atoms with Crippen LogP contribution in [0.15, 0.2) is 17.0 Å². The molecule has 1 unspecified atom stereocenters. The molecule has 0 saturated carbocycles. The topological polar surface area (TPSA) is 32.3 Å². The predicted octanol–water partition coefficient (Wildman–Crippen LogP) is 2.16. The molecule has 0 amide bonds. The molecule has 2 nitrogen and oxygen atoms in total. The molecule has 0 radical (unpaired) electrons. The van der Waals surface area contributed by atoms with Crippen molar-refractivity contribution in [3.8, 4) is 0 Å². The first-order chi connectivity index (χ1) is 7.58. The molecule has 0 heterocycles. The molecule has 1 aromatic rings. The molecule has 90 valence electrons. The largest absolute Gasteiger partial charge is 0.395 e. The van der Waals surface area contributed by atoms with Crippen molar-refractivity contribution in [3.05, 3.63) is 29.3 Å². The van der Waals surface area contributed by atoms with Crippen molar-refractivity contribution in [3.63, 3.8) is 0 Å². The van der Waals surface area contributed by atoms with Crippen LogP contribution >= 0.6 is 11.8 Å². The van der Waals surface area contributed by atoms with Crippen molar-refractivity contribution in [1.29, 1.82) is 0 Å². The Morgan fingerprint density at radius 1 is 1.38 bits per heavy atom. The van der Waals surface area contributed by atoms with Gasteiger partial charge in [-0.2, -0.15) is 0 Å². The van der Waals surface area contributed by atoms with Gasteiger partial charge in [0.1, 0.15) is 11.6 Å². The van der Waals surface area contributed by atoms with E-state index < -0.39 is 11.6 Å². The molecule has 0 spiro atoms. The maximum Gasteiger partial charge on any atom is 0.140 e. The van der Waals surface area contributed by atoms with Crippen LogP contribution in [0.4, 0.5) is 8.78 Å². The van der Waals surface area contributed by atoms with E-state index in [-0.39, 0.29) is 16.8 Å². The van der Waals surface area contributed by atoms with Crippen LogP contribution in [0.3, 0.4) is 0 Å². The van der Waals surface area contributed by atoms with Gasteiger partial charge in [-0.1, -0.05) is 6.92 Å². The van der Waals surface area contributed by atoms with Gasteiger partial charge in [0.2, 0.25) is 0 Å². The van der Waals surface area contributed by atoms with E-state index in [1.807, 2.05) is 0 Å². The first kappa shape index (κ1) is 13.4. The molecule has 0 bridgehead atoms. The Morgan fingerprint density at radius 2 is 1.94 bits per heavy atom. The zero-order valence-electron chi connectivity index (χ0n) is 9.26. The highest BCUT2D eigenvalue weighted by Crippen LogP contribution is 2.29. The van der Waals surface area contributed by atoms with Crippen LogP contribution in [-0.4, -0.2) is 24.0 Å². The fourth-order valence-electron chi connectivity index (χ4n) is 1.27. The molecular weight excluding hydrogens is 232 g/mol. The number of benzene rings is 1. The van der Waals surface area contributed by atoms with Gasteiger partial charge in [-0.3, -0.25) is 0 Å². The zero-order valence-corrected chi connectivity index (χ0v) is 10.1. The van der Waals surface area contributed by atoms with Crippen LogP contribution in [0.1, 0.15) is 12.5 Å². The van der Waals surface area contributed by atoms with E-state index in [0.29, 0.717) is 12.1 Å². The first-order valence-corrected chi connectivity index (χ1v) is 5.86. The molecule has 1 aromatic carbocycles. The zero-order chi connectivity index (χ0) is 12.1. The van der Waals surface area contributed by atoms with Gasteiger partial charge in [-0.15, -0.1) is 11.8 Å². The van der Waals surface area contributed by atoms with Crippen LogP contribution in [0.5, 0.6) is 0 Å². The van der Waals surface area contributed by atoms with Gasteiger partial charge in [-0.05, 0) is 24.7 Å². The second-order valence-corrected chi connectivity index (χ2v) is 4.98. The van der Waals surface area contributed by atoms with Crippen molar-refractivity contribution < 1.29 is 13.9 Å². The summed E-state index contributed by atoms with van der Waals surface area (Å²) in [4.78, 5) is -0.0265. The third-order valence-corrected chi connectivity index (χ3v) is 3.19. The van der Waals surface area contributed by atoms with Gasteiger partial charge in [0.05, 0.1) is 11.5 Å². The fourth-order valence-corrected chi connectivity index (χ4v) is 2.09. The van der Waals surface area contributed by atoms with Gasteiger partial charge >= 0.3 is 0 Å². The maximum atomic E-state index is 13.6. The normalized spacial score (nSPS) is 12.8. The second-order valence-electron chi connectivity index (χ2n) is 3.53. The molecule has 16 heavy (non-hydrogen) atoms. The number of nitrogens with one attached hydrogen (secondary N) is 1. The second kappa shape index (κ2) is 6.18. The molecule has 2 N–H and O–H groups in total. The number of hydrogen-bond acceptors (Lipinski definition) is 3. The van der Waals surface area contributed by atoms with Crippen molar-refractivity contribution in [1.82, 2.24) is 5.32 Å². The minimum absolute atomic E-state index is 0.0265. The molecule has 0 saturated heterocycles. The number of halogens is 2. The maximum absolute atomic E-state index is 13.6. The molecular formula is C11H15F2NOS. The summed E-state index contributed by atoms with van der Waals surface area (Å²) in [6.45, 7) is 2.03. The van der Waals surface area contributed by atoms with Crippen molar-refractivity contribution >= 4 is 11.8 Å². The quantitative estimate of drug-likeness (QED) is 0.782. The van der Waals surface area contributed by atoms with Crippen molar-refractivity contribution in [2.45, 2.75) is 23.6 Å². The summed E-state index contributed by atoms with van der Waals surface area (Å²) in [5, 5.41) is 11.4. The van der Waals surface area contributed by atoms with Gasteiger partial charge in [-0.25, -0.2) is 8.78 Å². The minimum Gasteiger partial charge on any atom is -0.395 e. The summed E-state index contributed by atoms with van der Waals surface area (Å²) >= 11 is 1.00. The van der Waals surface area contributed by atoms with Crippen LogP contribution < -0.4 is 5.32 Å². The van der Waals surface area contributed by atoms with E-state index in [1.165, 1.54) is 12.1 Å². The monoisotopic (exact) mass is 247 g/mol. The highest BCUT2D eigenvalue weighted by molar-refractivity contribution is 8.00. The van der Waals surface area contributed by atoms with Crippen LogP contribution in [0.2, 0.25) is 0 Å². The Morgan fingerprint density at radius 3 is 2.38 bits per heavy atom. The standard InChI is InChI=1S/C11H15F2NOS/c1-7(6-15)16-11-9(12)3-8(5-14-2)4-10(11)13/h3-4,7,14-15H,5-6H2,1-2H3. The molecule has 0 aliphatic carbocycles. The van der Waals surface area contributed by atoms with E-state index >= 15 is 0 Å². The molecule has 1 rings (SSSR count). The van der Waals surface area contributed by atoms with Gasteiger partial charge < -0.3 is 10.4 Å². The number of rotatable bonds is 5. The lowest BCUT2D eigenvalue weighted by molar-refractivity contribution is 0.300. The lowest BCUT2D eigenvalue weighted by atomic mass is 10.2. The molecule has 0 aliphatic heterocycles. The van der Waals surface area contributed by atoms with Crippen LogP contribution in [0.25, 0.3) is 0 Å². The van der Waals surface area contributed by atoms with E-state index in [4.69, 9.17) is 5.11 Å². The van der Waals surface area contributed by atoms with Crippen LogP contribution in [-0.2, 0) is 6.54 Å². The summed E-state index contributed by atoms with van der Waals surface area (Å²) < 4.78 is 27.1. The highest BCUT2D eigenvalue weighted by Gasteiger charge is 2.14. The molecule has 5 heteroatoms. The SMILES string of the molecule is CNCc1cc(F)c(SC(C)CO)c(F)c1. The Kier molecular flexibility index (Phi) is 5.18. The molecule has 1 atom stereocenters. The van der Waals surface area contributed by atoms with E-state index in [0.717, 1.165) is 11.8 Å². The Bertz CT molecular complexity index is 337. The lowest BCUT2D eigenvalue weighted by Crippen LogP contribution is -2.07. The van der Waals surface area contributed by atoms with E-state index in [2.05, 4.69) is 5.32 Å². The lowest BCUT2D eigenvalue weighted by Gasteiger charge is -2.11. The number of aliphatic hydroxyl groups is 1. The third kappa shape index (κ3) is 3.43. The highest BCUT2D eigenvalue weighted by atomic mass is 32.2. The molecule has 0 fully saturated rings. The predicted molar refractivity (Wildman–Crippen MR) is 61.5 cm³/mol. The number of thioether (sulfide) groups is 1. The average molecular weight is 247 g/mol. The minimum atomic E-state index is -0.574. The average Bonchev–Trinajstić information content (AvgIpc) is 2.23. The Balaban J connectivity index is 2.93. The summed E-state index contributed by atoms with van der Waals surface area (Å²) in [7, 11) is 1.71. The summed E-state index contributed by atoms with van der Waals surface area (Å²) in [6, 6.07) is 2.62. The summed E-state index contributed by atoms with van der Waals surface area (Å²) in [5.41, 5.74) is 0.568. The smallest absolute Gasteiger partial charge is 0.140 e. The van der Waals surface area contributed by atoms with E-state index in [9.17, 15) is 8.78 Å². The van der Waals surface area contributed by atoms with Gasteiger partial charge in [0.15, 0.2) is 0 Å². The Labute approximate surface area is 98.1 Å². The summed E-state index contributed by atoms with van der Waals surface area (Å²) in [6.07, 6.45) is 0. The van der Waals surface area contributed by atoms with Crippen molar-refractivity contribution in [2.24, 2.45) is 0 Å². The van der Waals surface area contributed by atoms with E-state index in [1.54, 1.807) is 14.0 Å². The van der Waals surface area contributed by atoms with Gasteiger partial charge in [0.25, 0.3) is 0 Å². The number of hydrogen-bond donors (Lipinski definition) is 2. The third-order valence-electron chi connectivity index (χ3n) is 2.02. The summed E-state index contributed by atoms with van der Waals surface area (Å²) in [5.74, 6) is -1.15. The van der Waals surface area contributed by atoms with Gasteiger partial charge in [0, 0.05) is 11.8 Å². The first-order valence-electron chi connectivity index (χ1n) is 4.98. The Hall–Kier alpha value is -0.650. The molecule has 0 aromatic heterocycles. The van der Waals surface area contributed by atoms with Crippen molar-refractivity contribution in [2.75, 3.05) is 13.7 Å². The fraction of sp³-hybridized carbons (Fsp3) is 0.455.